The van der Waals surface area contributed by atoms with Gasteiger partial charge in [-0.1, -0.05) is 0 Å². The van der Waals surface area contributed by atoms with Crippen LogP contribution in [0.25, 0.3) is 0 Å². The van der Waals surface area contributed by atoms with Gasteiger partial charge in [0.05, 0.1) is 0 Å². The van der Waals surface area contributed by atoms with Gasteiger partial charge in [0.1, 0.15) is 23.9 Å². The molecule has 0 aliphatic rings. The summed E-state index contributed by atoms with van der Waals surface area (Å²) in [6, 6.07) is 12.5. The molecular weight excluding hydrogens is 232 g/mol. The van der Waals surface area contributed by atoms with E-state index in [0.29, 0.717) is 5.69 Å². The van der Waals surface area contributed by atoms with Crippen molar-refractivity contribution in [1.82, 2.24) is 0 Å². The van der Waals surface area contributed by atoms with Gasteiger partial charge in [-0.3, -0.25) is 0 Å². The number of nitrogens with one attached hydrogen (secondary N) is 1. The highest BCUT2D eigenvalue weighted by Crippen LogP contribution is 2.18. The average molecular weight is 240 g/mol. The molecule has 0 radical (unpaired) electrons. The van der Waals surface area contributed by atoms with Crippen LogP contribution in [0.15, 0.2) is 40.4 Å². The van der Waals surface area contributed by atoms with Gasteiger partial charge in [-0.05, 0) is 30.5 Å². The zero-order valence-corrected chi connectivity index (χ0v) is 9.88. The van der Waals surface area contributed by atoms with Crippen LogP contribution in [-0.2, 0) is 0 Å². The summed E-state index contributed by atoms with van der Waals surface area (Å²) >= 11 is 1.61. The van der Waals surface area contributed by atoms with E-state index in [4.69, 9.17) is 15.8 Å². The van der Waals surface area contributed by atoms with Crippen molar-refractivity contribution in [1.29, 1.82) is 15.8 Å². The Labute approximate surface area is 104 Å². The lowest BCUT2D eigenvalue weighted by molar-refractivity contribution is 1.36. The summed E-state index contributed by atoms with van der Waals surface area (Å²) in [4.78, 5) is 1.10. The van der Waals surface area contributed by atoms with Crippen molar-refractivity contribution in [3.05, 3.63) is 35.5 Å². The Morgan fingerprint density at radius 3 is 2.06 bits per heavy atom. The quantitative estimate of drug-likeness (QED) is 0.648. The second-order valence-electron chi connectivity index (χ2n) is 2.94. The fourth-order valence-electron chi connectivity index (χ4n) is 1.10. The van der Waals surface area contributed by atoms with E-state index in [9.17, 15) is 0 Å². The van der Waals surface area contributed by atoms with E-state index in [2.05, 4.69) is 5.32 Å². The van der Waals surface area contributed by atoms with Crippen molar-refractivity contribution in [2.75, 3.05) is 11.6 Å². The van der Waals surface area contributed by atoms with Crippen LogP contribution in [0.4, 0.5) is 5.69 Å². The molecule has 0 unspecified atom stereocenters. The number of anilines is 1. The number of nitriles is 3. The molecule has 1 aromatic rings. The summed E-state index contributed by atoms with van der Waals surface area (Å²) in [5.74, 6) is 0. The fourth-order valence-corrected chi connectivity index (χ4v) is 1.51. The third-order valence-corrected chi connectivity index (χ3v) is 2.69. The van der Waals surface area contributed by atoms with Gasteiger partial charge >= 0.3 is 0 Å². The Hall–Kier alpha value is -2.42. The maximum Gasteiger partial charge on any atom is 0.163 e. The van der Waals surface area contributed by atoms with E-state index < -0.39 is 0 Å². The zero-order chi connectivity index (χ0) is 12.7. The van der Waals surface area contributed by atoms with Gasteiger partial charge in [0, 0.05) is 10.6 Å². The van der Waals surface area contributed by atoms with Crippen molar-refractivity contribution in [2.45, 2.75) is 4.90 Å². The van der Waals surface area contributed by atoms with Gasteiger partial charge in [0.25, 0.3) is 0 Å². The third-order valence-electron chi connectivity index (χ3n) is 1.94. The number of nitrogens with zero attached hydrogens (tertiary/aromatic N) is 3. The summed E-state index contributed by atoms with van der Waals surface area (Å²) in [7, 11) is 0. The van der Waals surface area contributed by atoms with Crippen LogP contribution < -0.4 is 5.32 Å². The molecular formula is C12H8N4S. The van der Waals surface area contributed by atoms with E-state index in [1.165, 1.54) is 0 Å². The minimum absolute atomic E-state index is 0.0353. The van der Waals surface area contributed by atoms with Crippen molar-refractivity contribution < 1.29 is 0 Å². The molecule has 0 saturated carbocycles. The first kappa shape index (κ1) is 12.6. The minimum Gasteiger partial charge on any atom is -0.345 e. The molecule has 0 aromatic heterocycles. The zero-order valence-electron chi connectivity index (χ0n) is 9.06. The summed E-state index contributed by atoms with van der Waals surface area (Å²) in [5, 5.41) is 28.9. The van der Waals surface area contributed by atoms with Crippen LogP contribution in [0.2, 0.25) is 0 Å². The molecule has 0 saturated heterocycles. The predicted octanol–water partition coefficient (Wildman–Crippen LogP) is 2.65. The topological polar surface area (TPSA) is 83.4 Å². The maximum absolute atomic E-state index is 8.84. The van der Waals surface area contributed by atoms with Gasteiger partial charge in [-0.15, -0.1) is 11.8 Å². The maximum atomic E-state index is 8.84. The molecule has 4 nitrogen and oxygen atoms in total. The molecule has 5 heteroatoms. The second-order valence-corrected chi connectivity index (χ2v) is 3.82. The Balaban J connectivity index is 2.98. The molecule has 17 heavy (non-hydrogen) atoms. The normalized spacial score (nSPS) is 8.35. The summed E-state index contributed by atoms with van der Waals surface area (Å²) in [5.41, 5.74) is 0.413. The number of allylic oxidation sites excluding steroid dienone is 2. The van der Waals surface area contributed by atoms with Crippen molar-refractivity contribution in [3.8, 4) is 18.2 Å². The van der Waals surface area contributed by atoms with E-state index in [0.717, 1.165) is 4.90 Å². The highest BCUT2D eigenvalue weighted by Gasteiger charge is 2.05. The molecule has 0 aliphatic heterocycles. The second kappa shape index (κ2) is 6.23. The molecule has 1 rings (SSSR count). The first-order chi connectivity index (χ1) is 8.24. The predicted molar refractivity (Wildman–Crippen MR) is 65.7 cm³/mol. The van der Waals surface area contributed by atoms with Crippen molar-refractivity contribution in [3.63, 3.8) is 0 Å². The van der Waals surface area contributed by atoms with Crippen LogP contribution in [0.1, 0.15) is 0 Å². The molecule has 1 N–H and O–H groups in total. The van der Waals surface area contributed by atoms with Crippen molar-refractivity contribution >= 4 is 17.4 Å². The van der Waals surface area contributed by atoms with E-state index in [1.807, 2.05) is 18.4 Å². The molecule has 0 bridgehead atoms. The van der Waals surface area contributed by atoms with Gasteiger partial charge in [-0.25, -0.2) is 0 Å². The highest BCUT2D eigenvalue weighted by molar-refractivity contribution is 7.98. The van der Waals surface area contributed by atoms with E-state index in [-0.39, 0.29) is 11.3 Å². The number of thioether (sulfide) groups is 1. The molecule has 0 fully saturated rings. The Morgan fingerprint density at radius 1 is 1.06 bits per heavy atom. The van der Waals surface area contributed by atoms with Crippen LogP contribution in [0, 0.1) is 34.0 Å². The van der Waals surface area contributed by atoms with Crippen molar-refractivity contribution in [2.24, 2.45) is 0 Å². The van der Waals surface area contributed by atoms with Gasteiger partial charge in [0.2, 0.25) is 0 Å². The molecule has 0 heterocycles. The standard InChI is InChI=1S/C12H8N4S/c1-17-11-4-2-10(3-5-11)16-12(8-15)9(6-13)7-14/h2-5,16H,1H3. The smallest absolute Gasteiger partial charge is 0.163 e. The molecule has 1 aromatic carbocycles. The van der Waals surface area contributed by atoms with E-state index in [1.54, 1.807) is 42.1 Å². The number of hydrogen-bond acceptors (Lipinski definition) is 5. The largest absolute Gasteiger partial charge is 0.345 e. The summed E-state index contributed by atoms with van der Waals surface area (Å²) in [6.45, 7) is 0. The van der Waals surface area contributed by atoms with Gasteiger partial charge < -0.3 is 5.32 Å². The number of hydrogen-bond donors (Lipinski definition) is 1. The number of benzene rings is 1. The lowest BCUT2D eigenvalue weighted by atomic mass is 10.2. The molecule has 0 spiro atoms. The summed E-state index contributed by atoms with van der Waals surface area (Å²) < 4.78 is 0. The Morgan fingerprint density at radius 2 is 1.65 bits per heavy atom. The van der Waals surface area contributed by atoms with Gasteiger partial charge in [-0.2, -0.15) is 15.8 Å². The van der Waals surface area contributed by atoms with Crippen LogP contribution >= 0.6 is 11.8 Å². The SMILES string of the molecule is CSc1ccc(NC(C#N)=C(C#N)C#N)cc1. The molecule has 82 valence electrons. The molecule has 0 amide bonds. The average Bonchev–Trinajstić information content (AvgIpc) is 2.39. The van der Waals surface area contributed by atoms with Gasteiger partial charge in [0.15, 0.2) is 5.57 Å². The Bertz CT molecular complexity index is 536. The first-order valence-electron chi connectivity index (χ1n) is 4.60. The minimum atomic E-state index is -0.221. The lowest BCUT2D eigenvalue weighted by Gasteiger charge is -2.04. The third kappa shape index (κ3) is 3.28. The van der Waals surface area contributed by atoms with E-state index >= 15 is 0 Å². The molecule has 0 atom stereocenters. The fraction of sp³-hybridized carbons (Fsp3) is 0.0833. The Kier molecular flexibility index (Phi) is 4.63. The first-order valence-corrected chi connectivity index (χ1v) is 5.83. The van der Waals surface area contributed by atoms with Crippen LogP contribution in [0.5, 0.6) is 0 Å². The molecule has 0 aliphatic carbocycles. The number of rotatable bonds is 3. The monoisotopic (exact) mass is 240 g/mol. The summed E-state index contributed by atoms with van der Waals surface area (Å²) in [6.07, 6.45) is 1.96. The highest BCUT2D eigenvalue weighted by atomic mass is 32.2. The van der Waals surface area contributed by atoms with Crippen LogP contribution in [-0.4, -0.2) is 6.26 Å². The lowest BCUT2D eigenvalue weighted by Crippen LogP contribution is -2.00. The van der Waals surface area contributed by atoms with Crippen LogP contribution in [0.3, 0.4) is 0 Å².